The van der Waals surface area contributed by atoms with Crippen LogP contribution in [0.2, 0.25) is 5.02 Å². The molecule has 0 atom stereocenters. The van der Waals surface area contributed by atoms with E-state index in [-0.39, 0.29) is 10.6 Å². The van der Waals surface area contributed by atoms with Gasteiger partial charge in [-0.25, -0.2) is 4.79 Å². The highest BCUT2D eigenvalue weighted by atomic mass is 35.5. The molecule has 0 saturated heterocycles. The van der Waals surface area contributed by atoms with Crippen molar-refractivity contribution < 1.29 is 31.9 Å². The molecule has 0 bridgehead atoms. The van der Waals surface area contributed by atoms with Crippen molar-refractivity contribution in [1.82, 2.24) is 0 Å². The number of anilines is 1. The lowest BCUT2D eigenvalue weighted by atomic mass is 10.1. The van der Waals surface area contributed by atoms with Crippen LogP contribution in [0.3, 0.4) is 0 Å². The van der Waals surface area contributed by atoms with Gasteiger partial charge in [0.15, 0.2) is 6.61 Å². The molecular formula is C15H11ClF3NO4. The summed E-state index contributed by atoms with van der Waals surface area (Å²) in [7, 11) is 0. The van der Waals surface area contributed by atoms with Crippen LogP contribution >= 0.6 is 11.6 Å². The first-order chi connectivity index (χ1) is 11.2. The standard InChI is InChI=1S/C15H11ClF3NO4/c1-8-9(5-6-23-8)14(22)24-7-12(21)20-13-10(15(17,18)19)3-2-4-11(13)16/h2-6H,7H2,1H3,(H,20,21). The van der Waals surface area contributed by atoms with Crippen molar-refractivity contribution in [1.29, 1.82) is 0 Å². The van der Waals surface area contributed by atoms with Crippen LogP contribution in [0.4, 0.5) is 18.9 Å². The summed E-state index contributed by atoms with van der Waals surface area (Å²) in [4.78, 5) is 23.5. The predicted molar refractivity (Wildman–Crippen MR) is 78.8 cm³/mol. The van der Waals surface area contributed by atoms with Crippen molar-refractivity contribution in [2.75, 3.05) is 11.9 Å². The topological polar surface area (TPSA) is 68.5 Å². The normalized spacial score (nSPS) is 11.2. The van der Waals surface area contributed by atoms with E-state index in [1.807, 2.05) is 5.32 Å². The number of halogens is 4. The molecule has 0 radical (unpaired) electrons. The van der Waals surface area contributed by atoms with Crippen LogP contribution in [0.1, 0.15) is 21.7 Å². The Hall–Kier alpha value is -2.48. The summed E-state index contributed by atoms with van der Waals surface area (Å²) >= 11 is 5.71. The van der Waals surface area contributed by atoms with Gasteiger partial charge in [0.2, 0.25) is 0 Å². The first-order valence-corrected chi connectivity index (χ1v) is 6.94. The molecule has 24 heavy (non-hydrogen) atoms. The van der Waals surface area contributed by atoms with Crippen LogP contribution in [-0.4, -0.2) is 18.5 Å². The molecule has 9 heteroatoms. The van der Waals surface area contributed by atoms with Gasteiger partial charge in [-0.3, -0.25) is 4.79 Å². The Labute approximate surface area is 139 Å². The second kappa shape index (κ2) is 6.96. The molecule has 0 fully saturated rings. The maximum absolute atomic E-state index is 12.9. The molecule has 128 valence electrons. The number of hydrogen-bond donors (Lipinski definition) is 1. The van der Waals surface area contributed by atoms with E-state index in [2.05, 4.69) is 0 Å². The van der Waals surface area contributed by atoms with Crippen LogP contribution in [0.25, 0.3) is 0 Å². The SMILES string of the molecule is Cc1occc1C(=O)OCC(=O)Nc1c(Cl)cccc1C(F)(F)F. The lowest BCUT2D eigenvalue weighted by Gasteiger charge is -2.15. The number of furan rings is 1. The molecule has 2 rings (SSSR count). The minimum absolute atomic E-state index is 0.122. The number of amides is 1. The number of carbonyl (C=O) groups is 2. The van der Waals surface area contributed by atoms with Crippen molar-refractivity contribution in [3.05, 3.63) is 52.4 Å². The molecule has 0 aliphatic rings. The average Bonchev–Trinajstić information content (AvgIpc) is 2.92. The largest absolute Gasteiger partial charge is 0.469 e. The molecule has 0 unspecified atom stereocenters. The van der Waals surface area contributed by atoms with Gasteiger partial charge >= 0.3 is 12.1 Å². The van der Waals surface area contributed by atoms with Gasteiger partial charge < -0.3 is 14.5 Å². The summed E-state index contributed by atoms with van der Waals surface area (Å²) in [6.45, 7) is 0.752. The monoisotopic (exact) mass is 361 g/mol. The first kappa shape index (κ1) is 17.9. The third kappa shape index (κ3) is 4.08. The minimum atomic E-state index is -4.70. The van der Waals surface area contributed by atoms with Crippen LogP contribution in [0.15, 0.2) is 34.9 Å². The van der Waals surface area contributed by atoms with Gasteiger partial charge in [0.1, 0.15) is 11.3 Å². The van der Waals surface area contributed by atoms with Crippen LogP contribution in [-0.2, 0) is 15.7 Å². The number of rotatable bonds is 4. The van der Waals surface area contributed by atoms with Crippen molar-refractivity contribution in [2.45, 2.75) is 13.1 Å². The van der Waals surface area contributed by atoms with E-state index in [0.29, 0.717) is 5.76 Å². The Balaban J connectivity index is 2.06. The van der Waals surface area contributed by atoms with E-state index in [9.17, 15) is 22.8 Å². The number of ether oxygens (including phenoxy) is 1. The van der Waals surface area contributed by atoms with Gasteiger partial charge in [0, 0.05) is 0 Å². The maximum Gasteiger partial charge on any atom is 0.418 e. The molecular weight excluding hydrogens is 351 g/mol. The van der Waals surface area contributed by atoms with E-state index in [1.165, 1.54) is 25.3 Å². The Kier molecular flexibility index (Phi) is 5.18. The minimum Gasteiger partial charge on any atom is -0.469 e. The lowest BCUT2D eigenvalue weighted by Crippen LogP contribution is -2.23. The molecule has 0 aliphatic heterocycles. The van der Waals surface area contributed by atoms with Crippen LogP contribution in [0, 0.1) is 6.92 Å². The van der Waals surface area contributed by atoms with E-state index in [4.69, 9.17) is 20.8 Å². The Morgan fingerprint density at radius 1 is 1.29 bits per heavy atom. The maximum atomic E-state index is 12.9. The van der Waals surface area contributed by atoms with Crippen molar-refractivity contribution in [3.63, 3.8) is 0 Å². The highest BCUT2D eigenvalue weighted by molar-refractivity contribution is 6.34. The summed E-state index contributed by atoms with van der Waals surface area (Å²) in [5.74, 6) is -1.49. The number of para-hydroxylation sites is 1. The molecule has 0 saturated carbocycles. The number of hydrogen-bond acceptors (Lipinski definition) is 4. The fourth-order valence-electron chi connectivity index (χ4n) is 1.87. The summed E-state index contributed by atoms with van der Waals surface area (Å²) in [5, 5.41) is 1.73. The number of alkyl halides is 3. The second-order valence-corrected chi connectivity index (χ2v) is 5.08. The van der Waals surface area contributed by atoms with Gasteiger partial charge in [0.05, 0.1) is 22.5 Å². The van der Waals surface area contributed by atoms with E-state index in [1.54, 1.807) is 0 Å². The number of esters is 1. The molecule has 1 heterocycles. The third-order valence-corrected chi connectivity index (χ3v) is 3.31. The second-order valence-electron chi connectivity index (χ2n) is 4.67. The molecule has 1 amide bonds. The van der Waals surface area contributed by atoms with Gasteiger partial charge in [0.25, 0.3) is 5.91 Å². The van der Waals surface area contributed by atoms with E-state index < -0.39 is 35.9 Å². The number of benzene rings is 1. The van der Waals surface area contributed by atoms with E-state index in [0.717, 1.165) is 12.1 Å². The lowest BCUT2D eigenvalue weighted by molar-refractivity contribution is -0.137. The molecule has 1 N–H and O–H groups in total. The molecule has 1 aromatic carbocycles. The highest BCUT2D eigenvalue weighted by Crippen LogP contribution is 2.38. The molecule has 5 nitrogen and oxygen atoms in total. The fraction of sp³-hybridized carbons (Fsp3) is 0.200. The zero-order valence-corrected chi connectivity index (χ0v) is 13.0. The number of nitrogens with one attached hydrogen (secondary N) is 1. The van der Waals surface area contributed by atoms with Crippen LogP contribution < -0.4 is 5.32 Å². The number of carbonyl (C=O) groups excluding carboxylic acids is 2. The Morgan fingerprint density at radius 3 is 2.58 bits per heavy atom. The fourth-order valence-corrected chi connectivity index (χ4v) is 2.09. The van der Waals surface area contributed by atoms with Crippen LogP contribution in [0.5, 0.6) is 0 Å². The van der Waals surface area contributed by atoms with Crippen molar-refractivity contribution in [2.24, 2.45) is 0 Å². The summed E-state index contributed by atoms with van der Waals surface area (Å²) < 4.78 is 48.4. The average molecular weight is 362 g/mol. The zero-order valence-electron chi connectivity index (χ0n) is 12.2. The first-order valence-electron chi connectivity index (χ1n) is 6.57. The molecule has 2 aromatic rings. The molecule has 0 spiro atoms. The highest BCUT2D eigenvalue weighted by Gasteiger charge is 2.34. The van der Waals surface area contributed by atoms with Gasteiger partial charge in [-0.15, -0.1) is 0 Å². The molecule has 0 aliphatic carbocycles. The summed E-state index contributed by atoms with van der Waals surface area (Å²) in [6, 6.07) is 4.45. The quantitative estimate of drug-likeness (QED) is 0.834. The summed E-state index contributed by atoms with van der Waals surface area (Å²) in [5.41, 5.74) is -1.57. The van der Waals surface area contributed by atoms with Gasteiger partial charge in [-0.05, 0) is 25.1 Å². The van der Waals surface area contributed by atoms with Crippen molar-refractivity contribution in [3.8, 4) is 0 Å². The molecule has 1 aromatic heterocycles. The Bertz CT molecular complexity index is 770. The van der Waals surface area contributed by atoms with Gasteiger partial charge in [-0.1, -0.05) is 17.7 Å². The van der Waals surface area contributed by atoms with Crippen molar-refractivity contribution >= 4 is 29.2 Å². The smallest absolute Gasteiger partial charge is 0.418 e. The Morgan fingerprint density at radius 2 is 2.00 bits per heavy atom. The van der Waals surface area contributed by atoms with E-state index >= 15 is 0 Å². The third-order valence-electron chi connectivity index (χ3n) is 3.00. The predicted octanol–water partition coefficient (Wildman–Crippen LogP) is 4.06. The van der Waals surface area contributed by atoms with Gasteiger partial charge in [-0.2, -0.15) is 13.2 Å². The summed E-state index contributed by atoms with van der Waals surface area (Å²) in [6.07, 6.45) is -3.43. The number of aryl methyl sites for hydroxylation is 1. The zero-order chi connectivity index (χ0) is 17.9.